The molecular formula is C14H27NO3. The summed E-state index contributed by atoms with van der Waals surface area (Å²) < 4.78 is 5.49. The molecule has 1 saturated heterocycles. The lowest BCUT2D eigenvalue weighted by molar-refractivity contribution is -0.132. The number of carbonyl (C=O) groups is 1. The van der Waals surface area contributed by atoms with Crippen LogP contribution in [-0.2, 0) is 9.53 Å². The largest absolute Gasteiger partial charge is 0.388 e. The van der Waals surface area contributed by atoms with Gasteiger partial charge in [0.1, 0.15) is 6.10 Å². The van der Waals surface area contributed by atoms with Gasteiger partial charge >= 0.3 is 0 Å². The molecule has 0 aromatic rings. The molecule has 0 aliphatic carbocycles. The molecule has 0 radical (unpaired) electrons. The maximum atomic E-state index is 11.8. The van der Waals surface area contributed by atoms with Gasteiger partial charge in [-0.05, 0) is 45.4 Å². The van der Waals surface area contributed by atoms with E-state index in [2.05, 4.69) is 19.2 Å². The quantitative estimate of drug-likeness (QED) is 0.763. The van der Waals surface area contributed by atoms with E-state index in [1.165, 1.54) is 0 Å². The van der Waals surface area contributed by atoms with E-state index in [9.17, 15) is 9.90 Å². The molecule has 1 amide bonds. The molecule has 0 aromatic carbocycles. The van der Waals surface area contributed by atoms with E-state index >= 15 is 0 Å². The smallest absolute Gasteiger partial charge is 0.249 e. The fraction of sp³-hybridized carbons (Fsp3) is 0.929. The molecule has 1 aliphatic rings. The lowest BCUT2D eigenvalue weighted by Gasteiger charge is -2.25. The van der Waals surface area contributed by atoms with Crippen LogP contribution < -0.4 is 5.32 Å². The van der Waals surface area contributed by atoms with E-state index in [1.54, 1.807) is 6.92 Å². The predicted octanol–water partition coefficient (Wildman–Crippen LogP) is 1.86. The van der Waals surface area contributed by atoms with Crippen molar-refractivity contribution in [2.75, 3.05) is 6.54 Å². The van der Waals surface area contributed by atoms with E-state index in [4.69, 9.17) is 4.74 Å². The highest BCUT2D eigenvalue weighted by Gasteiger charge is 2.29. The highest BCUT2D eigenvalue weighted by molar-refractivity contribution is 5.81. The van der Waals surface area contributed by atoms with Crippen molar-refractivity contribution in [2.45, 2.75) is 71.2 Å². The van der Waals surface area contributed by atoms with Crippen molar-refractivity contribution in [1.29, 1.82) is 0 Å². The van der Waals surface area contributed by atoms with Crippen molar-refractivity contribution in [2.24, 2.45) is 5.92 Å². The van der Waals surface area contributed by atoms with Crippen molar-refractivity contribution in [3.05, 3.63) is 0 Å². The Hall–Kier alpha value is -0.610. The summed E-state index contributed by atoms with van der Waals surface area (Å²) in [5.41, 5.74) is -0.829. The lowest BCUT2D eigenvalue weighted by Crippen LogP contribution is -2.44. The van der Waals surface area contributed by atoms with Crippen LogP contribution in [0.1, 0.15) is 53.4 Å². The van der Waals surface area contributed by atoms with E-state index in [0.717, 1.165) is 19.3 Å². The number of nitrogens with one attached hydrogen (secondary N) is 1. The van der Waals surface area contributed by atoms with Gasteiger partial charge in [0.05, 0.1) is 11.7 Å². The average molecular weight is 257 g/mol. The van der Waals surface area contributed by atoms with Crippen LogP contribution >= 0.6 is 0 Å². The normalized spacial score (nSPS) is 27.2. The summed E-state index contributed by atoms with van der Waals surface area (Å²) in [6.45, 7) is 8.30. The number of aliphatic hydroxyl groups is 1. The van der Waals surface area contributed by atoms with Gasteiger partial charge in [-0.2, -0.15) is 0 Å². The van der Waals surface area contributed by atoms with Crippen molar-refractivity contribution < 1.29 is 14.6 Å². The molecule has 3 atom stereocenters. The zero-order valence-electron chi connectivity index (χ0n) is 12.0. The monoisotopic (exact) mass is 257 g/mol. The van der Waals surface area contributed by atoms with Crippen molar-refractivity contribution >= 4 is 5.91 Å². The molecule has 0 bridgehead atoms. The molecule has 3 unspecified atom stereocenters. The van der Waals surface area contributed by atoms with Gasteiger partial charge in [0.25, 0.3) is 0 Å². The summed E-state index contributed by atoms with van der Waals surface area (Å²) in [6, 6.07) is 0. The van der Waals surface area contributed by atoms with Gasteiger partial charge in [0, 0.05) is 6.54 Å². The molecule has 0 spiro atoms. The number of ether oxygens (including phenoxy) is 1. The minimum Gasteiger partial charge on any atom is -0.388 e. The number of hydrogen-bond donors (Lipinski definition) is 2. The molecule has 2 N–H and O–H groups in total. The molecule has 1 aliphatic heterocycles. The van der Waals surface area contributed by atoms with Gasteiger partial charge in [0.2, 0.25) is 5.91 Å². The summed E-state index contributed by atoms with van der Waals surface area (Å²) in [6.07, 6.45) is 3.21. The molecule has 4 heteroatoms. The third-order valence-electron chi connectivity index (χ3n) is 3.43. The standard InChI is InChI=1S/C14H27NO3/c1-10(2)7-8-14(4,17)9-15-13(16)12-6-5-11(3)18-12/h10-12,17H,5-9H2,1-4H3,(H,15,16). The minimum absolute atomic E-state index is 0.0934. The number of amides is 1. The third kappa shape index (κ3) is 5.36. The highest BCUT2D eigenvalue weighted by Crippen LogP contribution is 2.20. The molecule has 0 saturated carbocycles. The molecule has 106 valence electrons. The van der Waals surface area contributed by atoms with Crippen LogP contribution in [0.15, 0.2) is 0 Å². The summed E-state index contributed by atoms with van der Waals surface area (Å²) >= 11 is 0. The molecule has 0 aromatic heterocycles. The first kappa shape index (κ1) is 15.4. The molecule has 4 nitrogen and oxygen atoms in total. The Kier molecular flexibility index (Phi) is 5.60. The number of hydrogen-bond acceptors (Lipinski definition) is 3. The Labute approximate surface area is 110 Å². The summed E-state index contributed by atoms with van der Waals surface area (Å²) in [5, 5.41) is 12.9. The van der Waals surface area contributed by atoms with Crippen LogP contribution in [0.4, 0.5) is 0 Å². The van der Waals surface area contributed by atoms with Crippen molar-refractivity contribution in [3.63, 3.8) is 0 Å². The van der Waals surface area contributed by atoms with Crippen LogP contribution in [0, 0.1) is 5.92 Å². The summed E-state index contributed by atoms with van der Waals surface area (Å²) in [7, 11) is 0. The number of carbonyl (C=O) groups excluding carboxylic acids is 1. The average Bonchev–Trinajstić information content (AvgIpc) is 2.70. The topological polar surface area (TPSA) is 58.6 Å². The summed E-state index contributed by atoms with van der Waals surface area (Å²) in [4.78, 5) is 11.8. The minimum atomic E-state index is -0.829. The zero-order chi connectivity index (χ0) is 13.8. The predicted molar refractivity (Wildman–Crippen MR) is 71.3 cm³/mol. The van der Waals surface area contributed by atoms with Crippen LogP contribution in [0.5, 0.6) is 0 Å². The first-order chi connectivity index (χ1) is 8.30. The second kappa shape index (κ2) is 6.53. The number of rotatable bonds is 6. The summed E-state index contributed by atoms with van der Waals surface area (Å²) in [5.74, 6) is 0.468. The van der Waals surface area contributed by atoms with Gasteiger partial charge in [-0.15, -0.1) is 0 Å². The van der Waals surface area contributed by atoms with Gasteiger partial charge < -0.3 is 15.2 Å². The van der Waals surface area contributed by atoms with Crippen molar-refractivity contribution in [3.8, 4) is 0 Å². The van der Waals surface area contributed by atoms with Crippen LogP contribution in [-0.4, -0.2) is 35.4 Å². The van der Waals surface area contributed by atoms with Gasteiger partial charge in [0.15, 0.2) is 0 Å². The SMILES string of the molecule is CC(C)CCC(C)(O)CNC(=O)C1CCC(C)O1. The highest BCUT2D eigenvalue weighted by atomic mass is 16.5. The second-order valence-corrected chi connectivity index (χ2v) is 6.16. The Morgan fingerprint density at radius 2 is 2.17 bits per heavy atom. The molecular weight excluding hydrogens is 230 g/mol. The van der Waals surface area contributed by atoms with Crippen LogP contribution in [0.25, 0.3) is 0 Å². The van der Waals surface area contributed by atoms with E-state index < -0.39 is 5.60 Å². The Bertz CT molecular complexity index is 276. The molecule has 1 heterocycles. The van der Waals surface area contributed by atoms with Gasteiger partial charge in [-0.25, -0.2) is 0 Å². The fourth-order valence-corrected chi connectivity index (χ4v) is 2.07. The Morgan fingerprint density at radius 1 is 1.50 bits per heavy atom. The molecule has 1 fully saturated rings. The van der Waals surface area contributed by atoms with Crippen LogP contribution in [0.3, 0.4) is 0 Å². The van der Waals surface area contributed by atoms with Crippen molar-refractivity contribution in [1.82, 2.24) is 5.32 Å². The third-order valence-corrected chi connectivity index (χ3v) is 3.43. The van der Waals surface area contributed by atoms with Gasteiger partial charge in [-0.3, -0.25) is 4.79 Å². The first-order valence-electron chi connectivity index (χ1n) is 6.96. The molecule has 1 rings (SSSR count). The maximum Gasteiger partial charge on any atom is 0.249 e. The van der Waals surface area contributed by atoms with E-state index in [1.807, 2.05) is 6.92 Å². The second-order valence-electron chi connectivity index (χ2n) is 6.16. The molecule has 18 heavy (non-hydrogen) atoms. The Morgan fingerprint density at radius 3 is 2.67 bits per heavy atom. The van der Waals surface area contributed by atoms with Crippen LogP contribution in [0.2, 0.25) is 0 Å². The lowest BCUT2D eigenvalue weighted by atomic mass is 9.95. The fourth-order valence-electron chi connectivity index (χ4n) is 2.07. The van der Waals surface area contributed by atoms with E-state index in [0.29, 0.717) is 18.9 Å². The van der Waals surface area contributed by atoms with Gasteiger partial charge in [-0.1, -0.05) is 13.8 Å². The maximum absolute atomic E-state index is 11.8. The first-order valence-corrected chi connectivity index (χ1v) is 6.96. The Balaban J connectivity index is 2.28. The van der Waals surface area contributed by atoms with E-state index in [-0.39, 0.29) is 18.1 Å². The zero-order valence-corrected chi connectivity index (χ0v) is 12.0.